The van der Waals surface area contributed by atoms with Gasteiger partial charge in [-0.2, -0.15) is 5.10 Å². The van der Waals surface area contributed by atoms with Crippen LogP contribution in [0.5, 0.6) is 17.2 Å². The molecule has 0 fully saturated rings. The SMILES string of the molecule is C=CCN=c1scc(-c2ccccc2OC)n1N=Cc1cc(Br)c(O)c(OC)c1. The molecule has 0 atom stereocenters. The van der Waals surface area contributed by atoms with Crippen molar-refractivity contribution >= 4 is 33.5 Å². The second-order valence-electron chi connectivity index (χ2n) is 5.84. The van der Waals surface area contributed by atoms with Crippen LogP contribution < -0.4 is 14.3 Å². The Morgan fingerprint density at radius 2 is 1.97 bits per heavy atom. The van der Waals surface area contributed by atoms with Crippen molar-refractivity contribution in [3.8, 4) is 28.5 Å². The Balaban J connectivity index is 2.13. The number of benzene rings is 2. The largest absolute Gasteiger partial charge is 0.503 e. The third-order valence-corrected chi connectivity index (χ3v) is 5.48. The van der Waals surface area contributed by atoms with Gasteiger partial charge in [0.05, 0.1) is 37.1 Å². The number of nitrogens with zero attached hydrogens (tertiary/aromatic N) is 3. The van der Waals surface area contributed by atoms with E-state index in [0.717, 1.165) is 27.4 Å². The van der Waals surface area contributed by atoms with Gasteiger partial charge < -0.3 is 14.6 Å². The smallest absolute Gasteiger partial charge is 0.206 e. The lowest BCUT2D eigenvalue weighted by Crippen LogP contribution is -2.12. The first-order chi connectivity index (χ1) is 14.1. The standard InChI is InChI=1S/C21H20BrN3O3S/c1-4-9-23-21-25(17(13-29-21)15-7-5-6-8-18(15)27-2)24-12-14-10-16(22)20(26)19(11-14)28-3/h4-8,10-13,26H,1,9H2,2-3H3. The molecule has 1 N–H and O–H groups in total. The van der Waals surface area contributed by atoms with Crippen LogP contribution in [0.1, 0.15) is 5.56 Å². The fourth-order valence-electron chi connectivity index (χ4n) is 2.65. The predicted octanol–water partition coefficient (Wildman–Crippen LogP) is 4.67. The van der Waals surface area contributed by atoms with Crippen molar-refractivity contribution in [3.63, 3.8) is 0 Å². The number of methoxy groups -OCH3 is 2. The molecule has 8 heteroatoms. The summed E-state index contributed by atoms with van der Waals surface area (Å²) in [6.07, 6.45) is 3.42. The van der Waals surface area contributed by atoms with Gasteiger partial charge in [-0.25, -0.2) is 4.68 Å². The van der Waals surface area contributed by atoms with E-state index in [1.54, 1.807) is 36.2 Å². The Morgan fingerprint density at radius 3 is 2.69 bits per heavy atom. The molecule has 0 saturated heterocycles. The zero-order valence-electron chi connectivity index (χ0n) is 16.0. The van der Waals surface area contributed by atoms with Gasteiger partial charge in [-0.15, -0.1) is 17.9 Å². The quantitative estimate of drug-likeness (QED) is 0.400. The van der Waals surface area contributed by atoms with Gasteiger partial charge in [-0.3, -0.25) is 4.99 Å². The molecule has 0 saturated carbocycles. The molecule has 0 amide bonds. The lowest BCUT2D eigenvalue weighted by molar-refractivity contribution is 0.372. The highest BCUT2D eigenvalue weighted by Gasteiger charge is 2.12. The minimum Gasteiger partial charge on any atom is -0.503 e. The van der Waals surface area contributed by atoms with Crippen molar-refractivity contribution in [1.82, 2.24) is 4.68 Å². The molecular weight excluding hydrogens is 454 g/mol. The highest BCUT2D eigenvalue weighted by atomic mass is 79.9. The molecule has 0 bridgehead atoms. The summed E-state index contributed by atoms with van der Waals surface area (Å²) in [5, 5.41) is 16.6. The monoisotopic (exact) mass is 473 g/mol. The average molecular weight is 474 g/mol. The molecule has 150 valence electrons. The van der Waals surface area contributed by atoms with Crippen LogP contribution in [0.2, 0.25) is 0 Å². The Bertz CT molecular complexity index is 1120. The second-order valence-corrected chi connectivity index (χ2v) is 7.53. The number of halogens is 1. The molecule has 0 aliphatic rings. The summed E-state index contributed by atoms with van der Waals surface area (Å²) in [6.45, 7) is 4.21. The number of ether oxygens (including phenoxy) is 2. The first kappa shape index (κ1) is 20.9. The van der Waals surface area contributed by atoms with Gasteiger partial charge in [0.1, 0.15) is 5.75 Å². The first-order valence-corrected chi connectivity index (χ1v) is 10.3. The number of aromatic hydroxyl groups is 1. The van der Waals surface area contributed by atoms with Gasteiger partial charge in [-0.05, 0) is 45.8 Å². The maximum absolute atomic E-state index is 10.0. The number of para-hydroxylation sites is 1. The molecule has 29 heavy (non-hydrogen) atoms. The topological polar surface area (TPSA) is 68.3 Å². The van der Waals surface area contributed by atoms with Gasteiger partial charge in [0.15, 0.2) is 11.5 Å². The first-order valence-electron chi connectivity index (χ1n) is 8.65. The van der Waals surface area contributed by atoms with E-state index in [-0.39, 0.29) is 5.75 Å². The summed E-state index contributed by atoms with van der Waals surface area (Å²) in [4.78, 5) is 5.27. The van der Waals surface area contributed by atoms with Gasteiger partial charge in [0.2, 0.25) is 4.80 Å². The third kappa shape index (κ3) is 4.60. The lowest BCUT2D eigenvalue weighted by atomic mass is 10.1. The maximum Gasteiger partial charge on any atom is 0.206 e. The van der Waals surface area contributed by atoms with Crippen molar-refractivity contribution < 1.29 is 14.6 Å². The number of phenols is 1. The van der Waals surface area contributed by atoms with Crippen molar-refractivity contribution in [2.75, 3.05) is 20.8 Å². The van der Waals surface area contributed by atoms with E-state index in [9.17, 15) is 5.11 Å². The van der Waals surface area contributed by atoms with Crippen molar-refractivity contribution in [1.29, 1.82) is 0 Å². The fraction of sp³-hybridized carbons (Fsp3) is 0.143. The van der Waals surface area contributed by atoms with Crippen LogP contribution in [0, 0.1) is 0 Å². The highest BCUT2D eigenvalue weighted by molar-refractivity contribution is 9.10. The zero-order chi connectivity index (χ0) is 20.8. The predicted molar refractivity (Wildman–Crippen MR) is 120 cm³/mol. The minimum absolute atomic E-state index is 0.0456. The maximum atomic E-state index is 10.0. The van der Waals surface area contributed by atoms with Crippen LogP contribution in [-0.4, -0.2) is 36.8 Å². The number of phenolic OH excluding ortho intramolecular Hbond substituents is 1. The molecule has 3 aromatic rings. The summed E-state index contributed by atoms with van der Waals surface area (Å²) in [6, 6.07) is 11.2. The highest BCUT2D eigenvalue weighted by Crippen LogP contribution is 2.35. The van der Waals surface area contributed by atoms with E-state index in [1.807, 2.05) is 29.6 Å². The Kier molecular flexibility index (Phi) is 6.90. The van der Waals surface area contributed by atoms with Crippen LogP contribution in [0.3, 0.4) is 0 Å². The van der Waals surface area contributed by atoms with Crippen LogP contribution in [0.4, 0.5) is 0 Å². The Morgan fingerprint density at radius 1 is 1.21 bits per heavy atom. The van der Waals surface area contributed by atoms with E-state index in [0.29, 0.717) is 16.8 Å². The lowest BCUT2D eigenvalue weighted by Gasteiger charge is -2.09. The van der Waals surface area contributed by atoms with E-state index in [1.165, 1.54) is 18.4 Å². The normalized spacial score (nSPS) is 11.8. The van der Waals surface area contributed by atoms with Crippen molar-refractivity contribution in [2.24, 2.45) is 10.1 Å². The van der Waals surface area contributed by atoms with Crippen LogP contribution in [-0.2, 0) is 0 Å². The molecule has 0 unspecified atom stereocenters. The number of hydrogen-bond donors (Lipinski definition) is 1. The number of rotatable bonds is 7. The molecule has 1 heterocycles. The van der Waals surface area contributed by atoms with E-state index >= 15 is 0 Å². The molecule has 6 nitrogen and oxygen atoms in total. The fourth-order valence-corrected chi connectivity index (χ4v) is 3.95. The van der Waals surface area contributed by atoms with Gasteiger partial charge in [-0.1, -0.05) is 18.2 Å². The minimum atomic E-state index is 0.0456. The molecule has 0 aliphatic carbocycles. The van der Waals surface area contributed by atoms with Crippen LogP contribution in [0.15, 0.2) is 69.0 Å². The van der Waals surface area contributed by atoms with E-state index < -0.39 is 0 Å². The summed E-state index contributed by atoms with van der Waals surface area (Å²) in [5.74, 6) is 1.15. The van der Waals surface area contributed by atoms with Gasteiger partial charge in [0.25, 0.3) is 0 Å². The zero-order valence-corrected chi connectivity index (χ0v) is 18.4. The van der Waals surface area contributed by atoms with Crippen LogP contribution in [0.25, 0.3) is 11.3 Å². The summed E-state index contributed by atoms with van der Waals surface area (Å²) >= 11 is 4.82. The number of hydrogen-bond acceptors (Lipinski definition) is 6. The summed E-state index contributed by atoms with van der Waals surface area (Å²) in [7, 11) is 3.14. The molecule has 3 rings (SSSR count). The molecule has 1 aromatic heterocycles. The Labute approximate surface area is 181 Å². The molecule has 0 radical (unpaired) electrons. The molecular formula is C21H20BrN3O3S. The molecule has 0 aliphatic heterocycles. The van der Waals surface area contributed by atoms with Crippen molar-refractivity contribution in [2.45, 2.75) is 0 Å². The Hall–Kier alpha value is -2.84. The average Bonchev–Trinajstić information content (AvgIpc) is 3.15. The van der Waals surface area contributed by atoms with E-state index in [4.69, 9.17) is 9.47 Å². The number of thiazole rings is 1. The van der Waals surface area contributed by atoms with Gasteiger partial charge in [0, 0.05) is 10.9 Å². The van der Waals surface area contributed by atoms with E-state index in [2.05, 4.69) is 32.6 Å². The van der Waals surface area contributed by atoms with Gasteiger partial charge >= 0.3 is 0 Å². The second kappa shape index (κ2) is 9.58. The van der Waals surface area contributed by atoms with Crippen LogP contribution >= 0.6 is 27.3 Å². The number of aromatic nitrogens is 1. The molecule has 2 aromatic carbocycles. The van der Waals surface area contributed by atoms with Crippen molar-refractivity contribution in [3.05, 3.63) is 69.3 Å². The third-order valence-electron chi connectivity index (χ3n) is 4.02. The summed E-state index contributed by atoms with van der Waals surface area (Å²) in [5.41, 5.74) is 2.52. The molecule has 0 spiro atoms. The summed E-state index contributed by atoms with van der Waals surface area (Å²) < 4.78 is 13.0.